The summed E-state index contributed by atoms with van der Waals surface area (Å²) in [6, 6.07) is 5.35. The zero-order valence-corrected chi connectivity index (χ0v) is 15.3. The Hall–Kier alpha value is -2.50. The number of carboxylic acid groups (broad SMARTS) is 1. The number of rotatable bonds is 3. The van der Waals surface area contributed by atoms with Gasteiger partial charge in [-0.2, -0.15) is 0 Å². The Bertz CT molecular complexity index is 700. The molecule has 0 unspecified atom stereocenters. The van der Waals surface area contributed by atoms with Gasteiger partial charge >= 0.3 is 12.1 Å². The van der Waals surface area contributed by atoms with E-state index in [4.69, 9.17) is 14.6 Å². The highest BCUT2D eigenvalue weighted by Crippen LogP contribution is 2.36. The molecule has 25 heavy (non-hydrogen) atoms. The van der Waals surface area contributed by atoms with Crippen LogP contribution in [0.1, 0.15) is 40.2 Å². The quantitative estimate of drug-likeness (QED) is 0.838. The Kier molecular flexibility index (Phi) is 5.40. The molecule has 2 rings (SSSR count). The highest BCUT2D eigenvalue weighted by molar-refractivity contribution is 5.93. The second-order valence-corrected chi connectivity index (χ2v) is 7.26. The van der Waals surface area contributed by atoms with Crippen molar-refractivity contribution in [3.05, 3.63) is 29.8 Å². The van der Waals surface area contributed by atoms with E-state index in [0.717, 1.165) is 5.56 Å². The summed E-state index contributed by atoms with van der Waals surface area (Å²) in [4.78, 5) is 25.0. The fourth-order valence-corrected chi connectivity index (χ4v) is 2.62. The minimum absolute atomic E-state index is 0.0414. The monoisotopic (exact) mass is 347 g/mol. The van der Waals surface area contributed by atoms with E-state index in [9.17, 15) is 9.59 Å². The Morgan fingerprint density at radius 3 is 2.56 bits per heavy atom. The Morgan fingerprint density at radius 1 is 1.32 bits per heavy atom. The van der Waals surface area contributed by atoms with E-state index in [-0.39, 0.29) is 5.92 Å². The van der Waals surface area contributed by atoms with Gasteiger partial charge in [-0.05, 0) is 50.0 Å². The maximum Gasteiger partial charge on any atom is 0.415 e. The third-order valence-corrected chi connectivity index (χ3v) is 3.67. The van der Waals surface area contributed by atoms with Crippen LogP contribution in [0.3, 0.4) is 0 Å². The van der Waals surface area contributed by atoms with E-state index in [1.54, 1.807) is 23.1 Å². The summed E-state index contributed by atoms with van der Waals surface area (Å²) in [5.74, 6) is -0.399. The van der Waals surface area contributed by atoms with Crippen molar-refractivity contribution >= 4 is 23.3 Å². The maximum absolute atomic E-state index is 12.4. The lowest BCUT2D eigenvalue weighted by molar-refractivity contribution is -0.131. The molecule has 1 aliphatic heterocycles. The number of allylic oxidation sites excluding steroid dienone is 1. The van der Waals surface area contributed by atoms with Crippen molar-refractivity contribution in [3.8, 4) is 5.75 Å². The number of benzene rings is 1. The van der Waals surface area contributed by atoms with Gasteiger partial charge in [-0.1, -0.05) is 19.9 Å². The normalized spacial score (nSPS) is 14.8. The average molecular weight is 347 g/mol. The summed E-state index contributed by atoms with van der Waals surface area (Å²) < 4.78 is 11.1. The van der Waals surface area contributed by atoms with Gasteiger partial charge in [0.25, 0.3) is 0 Å². The lowest BCUT2D eigenvalue weighted by Gasteiger charge is -2.32. The summed E-state index contributed by atoms with van der Waals surface area (Å²) in [6.45, 7) is 10.1. The summed E-state index contributed by atoms with van der Waals surface area (Å²) in [6.07, 6.45) is 0.788. The number of ether oxygens (including phenoxy) is 2. The Labute approximate surface area is 148 Å². The average Bonchev–Trinajstić information content (AvgIpc) is 2.49. The maximum atomic E-state index is 12.4. The van der Waals surface area contributed by atoms with Crippen LogP contribution in [0.15, 0.2) is 24.3 Å². The molecule has 0 aromatic heterocycles. The Balaban J connectivity index is 2.37. The van der Waals surface area contributed by atoms with Gasteiger partial charge in [0.15, 0.2) is 0 Å². The molecule has 1 N–H and O–H groups in total. The number of fused-ring (bicyclic) bond motifs is 1. The van der Waals surface area contributed by atoms with Gasteiger partial charge in [0.05, 0.1) is 12.2 Å². The molecule has 0 saturated heterocycles. The van der Waals surface area contributed by atoms with Gasteiger partial charge in [0, 0.05) is 6.08 Å². The molecule has 136 valence electrons. The molecule has 0 atom stereocenters. The van der Waals surface area contributed by atoms with E-state index in [2.05, 4.69) is 0 Å². The van der Waals surface area contributed by atoms with Crippen molar-refractivity contribution < 1.29 is 24.2 Å². The highest BCUT2D eigenvalue weighted by atomic mass is 16.6. The molecule has 0 aliphatic carbocycles. The predicted molar refractivity (Wildman–Crippen MR) is 96.0 cm³/mol. The number of hydrogen-bond donors (Lipinski definition) is 1. The number of amides is 1. The largest absolute Gasteiger partial charge is 0.490 e. The van der Waals surface area contributed by atoms with Crippen molar-refractivity contribution in [1.82, 2.24) is 0 Å². The van der Waals surface area contributed by atoms with Gasteiger partial charge in [-0.15, -0.1) is 0 Å². The Morgan fingerprint density at radius 2 is 2.00 bits per heavy atom. The van der Waals surface area contributed by atoms with Crippen LogP contribution in [0, 0.1) is 5.92 Å². The molecule has 1 amide bonds. The molecule has 0 radical (unpaired) electrons. The predicted octanol–water partition coefficient (Wildman–Crippen LogP) is 3.94. The molecule has 0 fully saturated rings. The minimum Gasteiger partial charge on any atom is -0.490 e. The van der Waals surface area contributed by atoms with E-state index in [1.165, 1.54) is 6.08 Å². The zero-order valence-electron chi connectivity index (χ0n) is 15.3. The molecule has 6 nitrogen and oxygen atoms in total. The fourth-order valence-electron chi connectivity index (χ4n) is 2.62. The molecule has 0 spiro atoms. The molecular formula is C19H25NO5. The summed E-state index contributed by atoms with van der Waals surface area (Å²) in [5, 5.41) is 9.08. The van der Waals surface area contributed by atoms with Crippen LogP contribution in [0.2, 0.25) is 0 Å². The number of carbonyl (C=O) groups excluding carboxylic acids is 1. The molecule has 1 aromatic rings. The number of anilines is 1. The molecule has 1 heterocycles. The van der Waals surface area contributed by atoms with E-state index < -0.39 is 17.7 Å². The van der Waals surface area contributed by atoms with Crippen LogP contribution in [0.5, 0.6) is 5.75 Å². The number of carboxylic acids is 1. The molecular weight excluding hydrogens is 322 g/mol. The van der Waals surface area contributed by atoms with Crippen LogP contribution >= 0.6 is 0 Å². The summed E-state index contributed by atoms with van der Waals surface area (Å²) >= 11 is 0. The van der Waals surface area contributed by atoms with E-state index in [1.807, 2.05) is 34.6 Å². The summed E-state index contributed by atoms with van der Waals surface area (Å²) in [7, 11) is 0. The highest BCUT2D eigenvalue weighted by Gasteiger charge is 2.28. The third kappa shape index (κ3) is 4.75. The first-order chi connectivity index (χ1) is 11.6. The van der Waals surface area contributed by atoms with Crippen molar-refractivity contribution in [1.29, 1.82) is 0 Å². The first-order valence-corrected chi connectivity index (χ1v) is 8.31. The number of aliphatic carboxylic acids is 1. The second kappa shape index (κ2) is 7.17. The van der Waals surface area contributed by atoms with Crippen LogP contribution in [0.4, 0.5) is 10.5 Å². The number of carbonyl (C=O) groups is 2. The standard InChI is InChI=1S/C19H25NO5/c1-12(2)14(11-17(21)22)13-6-7-15-16(10-13)24-9-8-20(15)18(23)25-19(3,4)5/h6-7,10-12H,8-9H2,1-5H3,(H,21,22)/b14-11-. The van der Waals surface area contributed by atoms with E-state index in [0.29, 0.717) is 30.2 Å². The smallest absolute Gasteiger partial charge is 0.415 e. The molecule has 6 heteroatoms. The van der Waals surface area contributed by atoms with Crippen LogP contribution in [0.25, 0.3) is 5.57 Å². The topological polar surface area (TPSA) is 76.1 Å². The van der Waals surface area contributed by atoms with E-state index >= 15 is 0 Å². The fraction of sp³-hybridized carbons (Fsp3) is 0.474. The van der Waals surface area contributed by atoms with Gasteiger partial charge in [0.1, 0.15) is 18.0 Å². The first-order valence-electron chi connectivity index (χ1n) is 8.31. The van der Waals surface area contributed by atoms with Crippen LogP contribution < -0.4 is 9.64 Å². The van der Waals surface area contributed by atoms with Gasteiger partial charge < -0.3 is 14.6 Å². The lowest BCUT2D eigenvalue weighted by atomic mass is 9.94. The third-order valence-electron chi connectivity index (χ3n) is 3.67. The SMILES string of the molecule is CC(C)/C(=C/C(=O)O)c1ccc2c(c1)OCCN2C(=O)OC(C)(C)C. The van der Waals surface area contributed by atoms with Crippen molar-refractivity contribution in [3.63, 3.8) is 0 Å². The van der Waals surface area contributed by atoms with Gasteiger partial charge in [-0.3, -0.25) is 4.90 Å². The zero-order chi connectivity index (χ0) is 18.8. The molecule has 1 aliphatic rings. The first kappa shape index (κ1) is 18.8. The minimum atomic E-state index is -0.988. The van der Waals surface area contributed by atoms with Crippen molar-refractivity contribution in [2.45, 2.75) is 40.2 Å². The van der Waals surface area contributed by atoms with Crippen LogP contribution in [-0.4, -0.2) is 35.9 Å². The van der Waals surface area contributed by atoms with Gasteiger partial charge in [-0.25, -0.2) is 9.59 Å². The number of nitrogens with zero attached hydrogens (tertiary/aromatic N) is 1. The van der Waals surface area contributed by atoms with Crippen molar-refractivity contribution in [2.75, 3.05) is 18.1 Å². The number of hydrogen-bond acceptors (Lipinski definition) is 4. The summed E-state index contributed by atoms with van der Waals surface area (Å²) in [5.41, 5.74) is 1.52. The molecule has 0 bridgehead atoms. The van der Waals surface area contributed by atoms with Crippen LogP contribution in [-0.2, 0) is 9.53 Å². The second-order valence-electron chi connectivity index (χ2n) is 7.26. The van der Waals surface area contributed by atoms with Gasteiger partial charge in [0.2, 0.25) is 0 Å². The molecule has 1 aromatic carbocycles. The lowest BCUT2D eigenvalue weighted by Crippen LogP contribution is -2.41. The molecule has 0 saturated carbocycles. The van der Waals surface area contributed by atoms with Crippen molar-refractivity contribution in [2.24, 2.45) is 5.92 Å².